The van der Waals surface area contributed by atoms with Gasteiger partial charge in [0.25, 0.3) is 0 Å². The van der Waals surface area contributed by atoms with Crippen molar-refractivity contribution in [2.45, 2.75) is 177 Å². The topological polar surface area (TPSA) is 358 Å². The summed E-state index contributed by atoms with van der Waals surface area (Å²) in [6.07, 6.45) is 8.00. The molecule has 32 nitrogen and oxygen atoms in total. The third kappa shape index (κ3) is 27.9. The highest BCUT2D eigenvalue weighted by atomic mass is 35.5. The number of halogens is 4. The van der Waals surface area contributed by atoms with E-state index in [4.69, 9.17) is 70.1 Å². The summed E-state index contributed by atoms with van der Waals surface area (Å²) < 4.78 is 33.8. The van der Waals surface area contributed by atoms with Crippen LogP contribution in [-0.4, -0.2) is 287 Å². The molecule has 0 radical (unpaired) electrons. The van der Waals surface area contributed by atoms with Crippen LogP contribution in [-0.2, 0) is 31.0 Å². The normalized spacial score (nSPS) is 18.3. The van der Waals surface area contributed by atoms with Crippen molar-refractivity contribution in [1.29, 1.82) is 0 Å². The number of aromatic nitrogens is 8. The minimum absolute atomic E-state index is 0.0281. The van der Waals surface area contributed by atoms with Crippen molar-refractivity contribution < 1.29 is 82.5 Å². The number of carbonyl (C=O) groups is 8. The Morgan fingerprint density at radius 2 is 0.648 bits per heavy atom. The van der Waals surface area contributed by atoms with Crippen molar-refractivity contribution in [3.63, 3.8) is 0 Å². The Balaban J connectivity index is 0.000000174. The number of hydrogen-bond donors (Lipinski definition) is 4. The largest absolute Gasteiger partial charge is 0.489 e. The number of ether oxygens (including phenoxy) is 5. The Morgan fingerprint density at radius 1 is 0.368 bits per heavy atom. The van der Waals surface area contributed by atoms with E-state index in [1.54, 1.807) is 125 Å². The predicted octanol–water partition coefficient (Wildman–Crippen LogP) is 12.6. The molecular weight excluding hydrogens is 1690 g/mol. The SMILES string of the molecule is CC(=O)c1ccn(C(=O)N2CCN(Cc3cccc(OCC(C)(C)O)c3Cl)CC2)n1.CC(=O)c1ccn(C(=O)N2CCN(Cc3cccc(OCC(C)(C)O)c3Cl)C[C@@H]2C)n1.CC(=O)c1ccn(C(=O)N2CCN(Cc3cccc(OCC(C)(C)O)c3Cl)C[C@H]2C)n1.CC(=O)c1ccn(C(=O)N2C[C@H]3CC(OCc4cccc(OCC(C)(C)O)c4Cl)C[C@H]3C2)n1. The van der Waals surface area contributed by atoms with Crippen molar-refractivity contribution in [3.05, 3.63) is 187 Å². The lowest BCUT2D eigenvalue weighted by atomic mass is 10.0. The van der Waals surface area contributed by atoms with E-state index in [9.17, 15) is 58.8 Å². The van der Waals surface area contributed by atoms with E-state index >= 15 is 0 Å². The average molecular weight is 1810 g/mol. The van der Waals surface area contributed by atoms with Gasteiger partial charge < -0.3 is 63.7 Å². The summed E-state index contributed by atoms with van der Waals surface area (Å²) in [4.78, 5) is 110. The molecule has 1 saturated carbocycles. The van der Waals surface area contributed by atoms with Gasteiger partial charge in [-0.3, -0.25) is 33.9 Å². The number of likely N-dealkylation sites (tertiary alicyclic amines) is 1. The third-order valence-corrected chi connectivity index (χ3v) is 23.0. The molecule has 676 valence electrons. The Kier molecular flexibility index (Phi) is 33.3. The first-order valence-corrected chi connectivity index (χ1v) is 43.1. The molecule has 4 amide bonds. The Labute approximate surface area is 748 Å². The molecule has 125 heavy (non-hydrogen) atoms. The van der Waals surface area contributed by atoms with Crippen LogP contribution >= 0.6 is 46.4 Å². The van der Waals surface area contributed by atoms with Crippen LogP contribution in [0.3, 0.4) is 0 Å². The fraction of sp³-hybridized carbons (Fsp3) is 0.506. The molecule has 0 spiro atoms. The number of amides is 4. The van der Waals surface area contributed by atoms with E-state index in [0.717, 1.165) is 35.1 Å². The lowest BCUT2D eigenvalue weighted by Gasteiger charge is -2.39. The Bertz CT molecular complexity index is 4930. The molecule has 8 heterocycles. The molecule has 4 N–H and O–H groups in total. The first kappa shape index (κ1) is 97.5. The van der Waals surface area contributed by atoms with Crippen molar-refractivity contribution in [2.75, 3.05) is 105 Å². The third-order valence-electron chi connectivity index (χ3n) is 21.3. The first-order valence-electron chi connectivity index (χ1n) is 41.6. The summed E-state index contributed by atoms with van der Waals surface area (Å²) >= 11 is 26.1. The van der Waals surface area contributed by atoms with Crippen molar-refractivity contribution in [2.24, 2.45) is 11.8 Å². The molecule has 4 aromatic heterocycles. The molecule has 4 saturated heterocycles. The van der Waals surface area contributed by atoms with Crippen LogP contribution in [0.4, 0.5) is 19.2 Å². The second kappa shape index (κ2) is 42.7. The number of fused-ring (bicyclic) bond motifs is 1. The van der Waals surface area contributed by atoms with Crippen LogP contribution in [0.25, 0.3) is 0 Å². The van der Waals surface area contributed by atoms with Gasteiger partial charge in [0, 0.05) is 168 Å². The number of aliphatic hydroxyl groups is 4. The van der Waals surface area contributed by atoms with Crippen molar-refractivity contribution >= 4 is 93.7 Å². The van der Waals surface area contributed by atoms with Gasteiger partial charge in [-0.15, -0.1) is 0 Å². The van der Waals surface area contributed by atoms with E-state index in [-0.39, 0.29) is 109 Å². The monoisotopic (exact) mass is 1810 g/mol. The number of piperazine rings is 3. The fourth-order valence-corrected chi connectivity index (χ4v) is 15.6. The maximum Gasteiger partial charge on any atom is 0.344 e. The number of carbonyl (C=O) groups excluding carboxylic acids is 8. The number of rotatable bonds is 25. The maximum atomic E-state index is 12.8. The molecule has 8 aromatic rings. The molecule has 5 aliphatic rings. The number of Topliss-reactive ketones (excluding diaryl/α,β-unsaturated/α-hetero) is 4. The minimum atomic E-state index is -0.947. The van der Waals surface area contributed by atoms with E-state index in [0.29, 0.717) is 165 Å². The van der Waals surface area contributed by atoms with E-state index in [1.165, 1.54) is 65.0 Å². The van der Waals surface area contributed by atoms with Crippen LogP contribution in [0.5, 0.6) is 23.0 Å². The zero-order chi connectivity index (χ0) is 91.2. The van der Waals surface area contributed by atoms with Gasteiger partial charge in [-0.1, -0.05) is 94.9 Å². The van der Waals surface area contributed by atoms with E-state index in [2.05, 4.69) is 35.1 Å². The molecule has 1 aliphatic carbocycles. The van der Waals surface area contributed by atoms with Gasteiger partial charge in [0.1, 0.15) is 72.2 Å². The van der Waals surface area contributed by atoms with Crippen LogP contribution < -0.4 is 18.9 Å². The summed E-state index contributed by atoms with van der Waals surface area (Å²) in [5.41, 5.74) is 0.993. The number of nitrogens with zero attached hydrogens (tertiary/aromatic N) is 15. The second-order valence-corrected chi connectivity index (χ2v) is 36.4. The Hall–Kier alpha value is -9.68. The van der Waals surface area contributed by atoms with Crippen LogP contribution in [0.15, 0.2) is 122 Å². The molecule has 1 unspecified atom stereocenters. The molecule has 36 heteroatoms. The number of ketones is 4. The van der Waals surface area contributed by atoms with Crippen LogP contribution in [0, 0.1) is 11.8 Å². The van der Waals surface area contributed by atoms with Gasteiger partial charge >= 0.3 is 24.1 Å². The molecule has 5 atom stereocenters. The molecule has 13 rings (SSSR count). The van der Waals surface area contributed by atoms with Gasteiger partial charge in [0.15, 0.2) is 23.1 Å². The molecular formula is C89H115Cl4N15O17. The molecule has 4 aromatic carbocycles. The lowest BCUT2D eigenvalue weighted by molar-refractivity contribution is 0.0276. The quantitative estimate of drug-likeness (QED) is 0.0386. The molecule has 0 bridgehead atoms. The first-order chi connectivity index (χ1) is 58.8. The van der Waals surface area contributed by atoms with E-state index < -0.39 is 22.4 Å². The second-order valence-electron chi connectivity index (χ2n) is 34.9. The van der Waals surface area contributed by atoms with Crippen LogP contribution in [0.2, 0.25) is 20.1 Å². The van der Waals surface area contributed by atoms with Gasteiger partial charge in [0.2, 0.25) is 0 Å². The highest BCUT2D eigenvalue weighted by molar-refractivity contribution is 6.34. The predicted molar refractivity (Wildman–Crippen MR) is 471 cm³/mol. The summed E-state index contributed by atoms with van der Waals surface area (Å²) in [5.74, 6) is 2.27. The summed E-state index contributed by atoms with van der Waals surface area (Å²) in [6, 6.07) is 27.7. The maximum absolute atomic E-state index is 12.8. The summed E-state index contributed by atoms with van der Waals surface area (Å²) in [5, 5.41) is 57.9. The number of hydrogen-bond acceptors (Lipinski definition) is 24. The van der Waals surface area contributed by atoms with Crippen LogP contribution in [0.1, 0.15) is 174 Å². The Morgan fingerprint density at radius 3 is 0.944 bits per heavy atom. The van der Waals surface area contributed by atoms with Gasteiger partial charge in [-0.25, -0.2) is 19.2 Å². The average Bonchev–Trinajstić information content (AvgIpc) is 1.53. The fourth-order valence-electron chi connectivity index (χ4n) is 14.7. The minimum Gasteiger partial charge on any atom is -0.489 e. The highest BCUT2D eigenvalue weighted by Crippen LogP contribution is 2.41. The molecule has 5 fully saturated rings. The van der Waals surface area contributed by atoms with Gasteiger partial charge in [0.05, 0.1) is 55.2 Å². The standard InChI is InChI=1S/C24H30ClN3O5.2C22H29ClN4O4.C21H27ClN4O4/c1-15(29)20-7-8-28(26-20)23(30)27-11-17-9-19(10-18(17)12-27)32-13-16-5-4-6-21(22(16)25)33-14-24(2,3)31;2*1-15-12-25(10-11-26(15)21(29)27-9-8-18(24-27)16(2)28)13-17-6-5-7-19(20(17)23)31-14-22(3,4)30;1-15(27)17-7-8-26(23-17)20(28)25-11-9-24(10-12-25)13-16-5-4-6-18(19(16)22)30-14-21(2,3)29/h4-8,17-19,31H,9-14H2,1-3H3;2*5-9,15,30H,10-14H2,1-4H3;4-8,29H,9-14H2,1-3H3/t17-,18+,19?;2*15-;/m.10./s1. The van der Waals surface area contributed by atoms with Gasteiger partial charge in [-0.05, 0) is 159 Å². The summed E-state index contributed by atoms with van der Waals surface area (Å²) in [7, 11) is 0. The molecule has 4 aliphatic heterocycles. The number of benzene rings is 4. The summed E-state index contributed by atoms with van der Waals surface area (Å²) in [6.45, 7) is 33.6. The smallest absolute Gasteiger partial charge is 0.344 e. The zero-order valence-corrected chi connectivity index (χ0v) is 76.3. The zero-order valence-electron chi connectivity index (χ0n) is 73.3. The highest BCUT2D eigenvalue weighted by Gasteiger charge is 2.44. The lowest BCUT2D eigenvalue weighted by Crippen LogP contribution is -2.54. The van der Waals surface area contributed by atoms with Crippen molar-refractivity contribution in [3.8, 4) is 23.0 Å². The van der Waals surface area contributed by atoms with E-state index in [1.807, 2.05) is 67.3 Å². The van der Waals surface area contributed by atoms with Gasteiger partial charge in [-0.2, -0.15) is 39.1 Å². The van der Waals surface area contributed by atoms with Crippen molar-refractivity contribution in [1.82, 2.24) is 73.4 Å².